The summed E-state index contributed by atoms with van der Waals surface area (Å²) in [6.45, 7) is 4.20. The number of ketones is 1. The highest BCUT2D eigenvalue weighted by atomic mass is 16.4. The Morgan fingerprint density at radius 3 is 2.77 bits per heavy atom. The maximum Gasteiger partial charge on any atom is 0.159 e. The molecule has 1 saturated carbocycles. The van der Waals surface area contributed by atoms with Crippen molar-refractivity contribution in [3.05, 3.63) is 11.6 Å². The third kappa shape index (κ3) is 0.961. The molecule has 0 radical (unpaired) electrons. The Labute approximate surface area is 77.1 Å². The highest BCUT2D eigenvalue weighted by molar-refractivity contribution is 6.01. The number of oxime groups is 1. The molecule has 1 fully saturated rings. The summed E-state index contributed by atoms with van der Waals surface area (Å²) < 4.78 is 0. The molecule has 0 heterocycles. The molecule has 3 heteroatoms. The van der Waals surface area contributed by atoms with Gasteiger partial charge in [-0.3, -0.25) is 4.79 Å². The van der Waals surface area contributed by atoms with Crippen LogP contribution in [0.3, 0.4) is 0 Å². The highest BCUT2D eigenvalue weighted by Crippen LogP contribution is 2.57. The first-order chi connectivity index (χ1) is 6.07. The molecule has 0 aliphatic heterocycles. The van der Waals surface area contributed by atoms with Crippen LogP contribution in [-0.2, 0) is 4.79 Å². The van der Waals surface area contributed by atoms with Crippen molar-refractivity contribution in [2.24, 2.45) is 22.4 Å². The Morgan fingerprint density at radius 2 is 2.31 bits per heavy atom. The fourth-order valence-corrected chi connectivity index (χ4v) is 2.53. The zero-order valence-electron chi connectivity index (χ0n) is 7.82. The van der Waals surface area contributed by atoms with Crippen LogP contribution >= 0.6 is 0 Å². The van der Waals surface area contributed by atoms with Crippen molar-refractivity contribution >= 4 is 12.0 Å². The van der Waals surface area contributed by atoms with Crippen LogP contribution in [0.2, 0.25) is 0 Å². The lowest BCUT2D eigenvalue weighted by Gasteiger charge is -2.54. The van der Waals surface area contributed by atoms with Gasteiger partial charge in [0.1, 0.15) is 0 Å². The van der Waals surface area contributed by atoms with E-state index in [1.165, 1.54) is 6.21 Å². The van der Waals surface area contributed by atoms with Gasteiger partial charge in [-0.1, -0.05) is 19.0 Å². The molecule has 0 saturated heterocycles. The molecule has 0 unspecified atom stereocenters. The standard InChI is InChI=1S/C10H13NO2/c1-10(2)7-4-8(10)9(12)3-6(7)5-11-13/h3,5,7-8,13H,4H2,1-2H3/b11-5+/t7-,8+/m0/s1. The second kappa shape index (κ2) is 2.44. The molecule has 0 spiro atoms. The minimum Gasteiger partial charge on any atom is -0.411 e. The third-order valence-electron chi connectivity index (χ3n) is 3.53. The Morgan fingerprint density at radius 1 is 1.62 bits per heavy atom. The Balaban J connectivity index is 2.36. The molecule has 3 aliphatic rings. The van der Waals surface area contributed by atoms with Crippen molar-refractivity contribution in [3.63, 3.8) is 0 Å². The van der Waals surface area contributed by atoms with Crippen LogP contribution in [0.5, 0.6) is 0 Å². The molecule has 0 amide bonds. The summed E-state index contributed by atoms with van der Waals surface area (Å²) in [5.74, 6) is 0.766. The largest absolute Gasteiger partial charge is 0.411 e. The minimum atomic E-state index is 0.0579. The van der Waals surface area contributed by atoms with E-state index in [1.807, 2.05) is 0 Å². The lowest BCUT2D eigenvalue weighted by Crippen LogP contribution is -2.52. The molecule has 2 atom stereocenters. The summed E-state index contributed by atoms with van der Waals surface area (Å²) in [6, 6.07) is 0. The first-order valence-corrected chi connectivity index (χ1v) is 4.50. The van der Waals surface area contributed by atoms with Crippen LogP contribution in [0.15, 0.2) is 16.8 Å². The summed E-state index contributed by atoms with van der Waals surface area (Å²) in [4.78, 5) is 11.5. The number of rotatable bonds is 1. The van der Waals surface area contributed by atoms with E-state index in [-0.39, 0.29) is 17.1 Å². The fourth-order valence-electron chi connectivity index (χ4n) is 2.53. The first-order valence-electron chi connectivity index (χ1n) is 4.50. The van der Waals surface area contributed by atoms with Gasteiger partial charge in [0.15, 0.2) is 5.78 Å². The van der Waals surface area contributed by atoms with E-state index in [9.17, 15) is 4.79 Å². The van der Waals surface area contributed by atoms with E-state index in [1.54, 1.807) is 6.08 Å². The Bertz CT molecular complexity index is 315. The third-order valence-corrected chi connectivity index (χ3v) is 3.53. The van der Waals surface area contributed by atoms with Crippen LogP contribution in [0.1, 0.15) is 20.3 Å². The summed E-state index contributed by atoms with van der Waals surface area (Å²) in [5, 5.41) is 11.4. The maximum atomic E-state index is 11.5. The van der Waals surface area contributed by atoms with Crippen LogP contribution in [-0.4, -0.2) is 17.2 Å². The van der Waals surface area contributed by atoms with Gasteiger partial charge in [-0.15, -0.1) is 0 Å². The van der Waals surface area contributed by atoms with Gasteiger partial charge in [0.2, 0.25) is 0 Å². The number of allylic oxidation sites excluding steroid dienone is 2. The van der Waals surface area contributed by atoms with Crippen molar-refractivity contribution in [1.29, 1.82) is 0 Å². The van der Waals surface area contributed by atoms with Crippen LogP contribution < -0.4 is 0 Å². The molecule has 3 nitrogen and oxygen atoms in total. The van der Waals surface area contributed by atoms with Crippen molar-refractivity contribution in [3.8, 4) is 0 Å². The second-order valence-electron chi connectivity index (χ2n) is 4.45. The van der Waals surface area contributed by atoms with Crippen molar-refractivity contribution in [2.45, 2.75) is 20.3 Å². The monoisotopic (exact) mass is 179 g/mol. The van der Waals surface area contributed by atoms with Gasteiger partial charge < -0.3 is 5.21 Å². The summed E-state index contributed by atoms with van der Waals surface area (Å²) in [5.41, 5.74) is 0.933. The predicted octanol–water partition coefficient (Wildman–Crippen LogP) is 1.62. The lowest BCUT2D eigenvalue weighted by atomic mass is 9.48. The molecular weight excluding hydrogens is 166 g/mol. The van der Waals surface area contributed by atoms with Gasteiger partial charge in [0.05, 0.1) is 6.21 Å². The zero-order valence-corrected chi connectivity index (χ0v) is 7.82. The van der Waals surface area contributed by atoms with Crippen molar-refractivity contribution in [1.82, 2.24) is 0 Å². The van der Waals surface area contributed by atoms with E-state index >= 15 is 0 Å². The van der Waals surface area contributed by atoms with Crippen LogP contribution in [0.25, 0.3) is 0 Å². The number of carbonyl (C=O) groups is 1. The normalized spacial score (nSPS) is 35.8. The molecule has 3 aliphatic carbocycles. The quantitative estimate of drug-likeness (QED) is 0.378. The van der Waals surface area contributed by atoms with Crippen molar-refractivity contribution in [2.75, 3.05) is 0 Å². The van der Waals surface area contributed by atoms with Gasteiger partial charge in [0.25, 0.3) is 0 Å². The SMILES string of the molecule is CC1(C)[C@@H]2C[C@H]1C(/C=N/O)=CC2=O. The van der Waals surface area contributed by atoms with Crippen molar-refractivity contribution < 1.29 is 10.0 Å². The predicted molar refractivity (Wildman–Crippen MR) is 48.7 cm³/mol. The van der Waals surface area contributed by atoms with Gasteiger partial charge in [0, 0.05) is 5.92 Å². The van der Waals surface area contributed by atoms with Gasteiger partial charge in [-0.05, 0) is 29.4 Å². The maximum absolute atomic E-state index is 11.5. The number of carbonyl (C=O) groups excluding carboxylic acids is 1. The summed E-state index contributed by atoms with van der Waals surface area (Å²) in [6.07, 6.45) is 3.92. The van der Waals surface area contributed by atoms with Crippen LogP contribution in [0.4, 0.5) is 0 Å². The summed E-state index contributed by atoms with van der Waals surface area (Å²) >= 11 is 0. The van der Waals surface area contributed by atoms with E-state index in [0.29, 0.717) is 5.92 Å². The smallest absolute Gasteiger partial charge is 0.159 e. The molecular formula is C10H13NO2. The second-order valence-corrected chi connectivity index (χ2v) is 4.45. The average Bonchev–Trinajstić information content (AvgIpc) is 2.03. The molecule has 1 N–H and O–H groups in total. The summed E-state index contributed by atoms with van der Waals surface area (Å²) in [7, 11) is 0. The molecule has 2 bridgehead atoms. The van der Waals surface area contributed by atoms with E-state index in [0.717, 1.165) is 12.0 Å². The molecule has 0 aromatic heterocycles. The van der Waals surface area contributed by atoms with Gasteiger partial charge >= 0.3 is 0 Å². The minimum absolute atomic E-state index is 0.0579. The van der Waals surface area contributed by atoms with E-state index in [2.05, 4.69) is 19.0 Å². The van der Waals surface area contributed by atoms with Gasteiger partial charge in [-0.2, -0.15) is 0 Å². The highest BCUT2D eigenvalue weighted by Gasteiger charge is 2.54. The topological polar surface area (TPSA) is 49.7 Å². The number of nitrogens with zero attached hydrogens (tertiary/aromatic N) is 1. The molecule has 13 heavy (non-hydrogen) atoms. The zero-order chi connectivity index (χ0) is 9.64. The van der Waals surface area contributed by atoms with E-state index < -0.39 is 0 Å². The Hall–Kier alpha value is -1.12. The Kier molecular flexibility index (Phi) is 1.59. The number of hydrogen-bond acceptors (Lipinski definition) is 3. The fraction of sp³-hybridized carbons (Fsp3) is 0.600. The van der Waals surface area contributed by atoms with E-state index in [4.69, 9.17) is 5.21 Å². The molecule has 70 valence electrons. The lowest BCUT2D eigenvalue weighted by molar-refractivity contribution is -0.133. The number of hydrogen-bond donors (Lipinski definition) is 1. The average molecular weight is 179 g/mol. The number of fused-ring (bicyclic) bond motifs is 1. The molecule has 0 aromatic rings. The molecule has 3 rings (SSSR count). The van der Waals surface area contributed by atoms with Crippen LogP contribution in [0, 0.1) is 17.3 Å². The van der Waals surface area contributed by atoms with Gasteiger partial charge in [-0.25, -0.2) is 0 Å². The first kappa shape index (κ1) is 8.48. The molecule has 0 aromatic carbocycles.